The number of ether oxygens (including phenoxy) is 3. The van der Waals surface area contributed by atoms with E-state index < -0.39 is 5.97 Å². The van der Waals surface area contributed by atoms with Gasteiger partial charge in [-0.1, -0.05) is 30.3 Å². The quantitative estimate of drug-likeness (QED) is 0.447. The summed E-state index contributed by atoms with van der Waals surface area (Å²) in [5.41, 5.74) is 1.46. The largest absolute Gasteiger partial charge is 0.465 e. The molecule has 0 saturated heterocycles. The van der Waals surface area contributed by atoms with Crippen molar-refractivity contribution < 1.29 is 23.8 Å². The molecule has 0 unspecified atom stereocenters. The van der Waals surface area contributed by atoms with Crippen molar-refractivity contribution in [3.63, 3.8) is 0 Å². The van der Waals surface area contributed by atoms with E-state index in [1.165, 1.54) is 7.11 Å². The van der Waals surface area contributed by atoms with Gasteiger partial charge in [-0.3, -0.25) is 4.79 Å². The number of carbonyl (C=O) groups excluding carboxylic acids is 2. The normalized spacial score (nSPS) is 10.1. The molecular formula is C18H18O5. The molecule has 0 aromatic heterocycles. The van der Waals surface area contributed by atoms with E-state index in [9.17, 15) is 9.59 Å². The lowest BCUT2D eigenvalue weighted by Gasteiger charge is -2.06. The van der Waals surface area contributed by atoms with Crippen LogP contribution in [-0.2, 0) is 20.9 Å². The van der Waals surface area contributed by atoms with Gasteiger partial charge >= 0.3 is 11.9 Å². The van der Waals surface area contributed by atoms with E-state index in [1.54, 1.807) is 24.3 Å². The lowest BCUT2D eigenvalue weighted by Crippen LogP contribution is -2.11. The molecular weight excluding hydrogens is 296 g/mol. The number of esters is 2. The predicted molar refractivity (Wildman–Crippen MR) is 84.1 cm³/mol. The summed E-state index contributed by atoms with van der Waals surface area (Å²) < 4.78 is 15.2. The van der Waals surface area contributed by atoms with Gasteiger partial charge in [0.05, 0.1) is 32.3 Å². The summed E-state index contributed by atoms with van der Waals surface area (Å²) in [5, 5.41) is 0. The second-order valence-corrected chi connectivity index (χ2v) is 4.78. The maximum Gasteiger partial charge on any atom is 0.337 e. The Morgan fingerprint density at radius 3 is 2.30 bits per heavy atom. The van der Waals surface area contributed by atoms with Crippen LogP contribution < -0.4 is 4.74 Å². The van der Waals surface area contributed by atoms with Crippen molar-refractivity contribution in [1.29, 1.82) is 0 Å². The SMILES string of the molecule is COC(=O)c1ccc(OC(=O)CCOCc2ccccc2)cc1. The Morgan fingerprint density at radius 2 is 1.65 bits per heavy atom. The molecule has 0 aliphatic carbocycles. The van der Waals surface area contributed by atoms with Crippen LogP contribution in [0.3, 0.4) is 0 Å². The molecule has 0 aliphatic heterocycles. The standard InChI is InChI=1S/C18H18O5/c1-21-18(20)15-7-9-16(10-8-15)23-17(19)11-12-22-13-14-5-3-2-4-6-14/h2-10H,11-13H2,1H3. The van der Waals surface area contributed by atoms with Gasteiger partial charge in [0.1, 0.15) is 5.75 Å². The predicted octanol–water partition coefficient (Wildman–Crippen LogP) is 2.99. The first-order valence-corrected chi connectivity index (χ1v) is 7.20. The van der Waals surface area contributed by atoms with E-state index in [1.807, 2.05) is 30.3 Å². The van der Waals surface area contributed by atoms with E-state index in [0.717, 1.165) is 5.56 Å². The summed E-state index contributed by atoms with van der Waals surface area (Å²) in [6, 6.07) is 15.9. The molecule has 120 valence electrons. The van der Waals surface area contributed by atoms with Gasteiger partial charge in [0.25, 0.3) is 0 Å². The number of methoxy groups -OCH3 is 1. The first kappa shape index (κ1) is 16.7. The van der Waals surface area contributed by atoms with Crippen molar-refractivity contribution in [1.82, 2.24) is 0 Å². The van der Waals surface area contributed by atoms with Gasteiger partial charge in [0.15, 0.2) is 0 Å². The Labute approximate surface area is 134 Å². The summed E-state index contributed by atoms with van der Waals surface area (Å²) in [6.45, 7) is 0.746. The Hall–Kier alpha value is -2.66. The Bertz CT molecular complexity index is 634. The zero-order chi connectivity index (χ0) is 16.5. The van der Waals surface area contributed by atoms with Crippen LogP contribution in [0.25, 0.3) is 0 Å². The molecule has 0 fully saturated rings. The fourth-order valence-electron chi connectivity index (χ4n) is 1.88. The van der Waals surface area contributed by atoms with E-state index in [2.05, 4.69) is 4.74 Å². The van der Waals surface area contributed by atoms with Crippen molar-refractivity contribution in [2.45, 2.75) is 13.0 Å². The summed E-state index contributed by atoms with van der Waals surface area (Å²) in [5.74, 6) is -0.438. The summed E-state index contributed by atoms with van der Waals surface area (Å²) >= 11 is 0. The van der Waals surface area contributed by atoms with Crippen molar-refractivity contribution in [2.75, 3.05) is 13.7 Å². The summed E-state index contributed by atoms with van der Waals surface area (Å²) in [6.07, 6.45) is 0.158. The second-order valence-electron chi connectivity index (χ2n) is 4.78. The first-order chi connectivity index (χ1) is 11.2. The Kier molecular flexibility index (Phi) is 6.32. The zero-order valence-electron chi connectivity index (χ0n) is 12.9. The number of benzene rings is 2. The molecule has 0 radical (unpaired) electrons. The van der Waals surface area contributed by atoms with Crippen LogP contribution in [0.2, 0.25) is 0 Å². The highest BCUT2D eigenvalue weighted by atomic mass is 16.5. The highest BCUT2D eigenvalue weighted by molar-refractivity contribution is 5.89. The molecule has 0 aliphatic rings. The summed E-state index contributed by atoms with van der Waals surface area (Å²) in [4.78, 5) is 23.0. The molecule has 0 N–H and O–H groups in total. The monoisotopic (exact) mass is 314 g/mol. The Morgan fingerprint density at radius 1 is 0.957 bits per heavy atom. The highest BCUT2D eigenvalue weighted by Crippen LogP contribution is 2.13. The van der Waals surface area contributed by atoms with Gasteiger partial charge in [-0.2, -0.15) is 0 Å². The van der Waals surface area contributed by atoms with Crippen LogP contribution in [-0.4, -0.2) is 25.7 Å². The molecule has 2 rings (SSSR count). The molecule has 0 spiro atoms. The van der Waals surface area contributed by atoms with Crippen LogP contribution in [0.1, 0.15) is 22.3 Å². The van der Waals surface area contributed by atoms with Gasteiger partial charge in [0.2, 0.25) is 0 Å². The minimum atomic E-state index is -0.433. The van der Waals surface area contributed by atoms with Crippen LogP contribution in [0.15, 0.2) is 54.6 Å². The van der Waals surface area contributed by atoms with Gasteiger partial charge in [-0.15, -0.1) is 0 Å². The van der Waals surface area contributed by atoms with E-state index in [4.69, 9.17) is 9.47 Å². The fraction of sp³-hybridized carbons (Fsp3) is 0.222. The minimum absolute atomic E-state index is 0.158. The van der Waals surface area contributed by atoms with Crippen LogP contribution in [0.5, 0.6) is 5.75 Å². The number of hydrogen-bond donors (Lipinski definition) is 0. The van der Waals surface area contributed by atoms with Crippen molar-refractivity contribution in [3.8, 4) is 5.75 Å². The topological polar surface area (TPSA) is 61.8 Å². The highest BCUT2D eigenvalue weighted by Gasteiger charge is 2.08. The molecule has 5 heteroatoms. The van der Waals surface area contributed by atoms with Gasteiger partial charge in [-0.05, 0) is 29.8 Å². The van der Waals surface area contributed by atoms with E-state index in [-0.39, 0.29) is 19.0 Å². The molecule has 0 bridgehead atoms. The molecule has 0 amide bonds. The molecule has 23 heavy (non-hydrogen) atoms. The lowest BCUT2D eigenvalue weighted by molar-refractivity contribution is -0.135. The van der Waals surface area contributed by atoms with Crippen molar-refractivity contribution in [2.24, 2.45) is 0 Å². The van der Waals surface area contributed by atoms with E-state index >= 15 is 0 Å². The summed E-state index contributed by atoms with van der Waals surface area (Å²) in [7, 11) is 1.31. The van der Waals surface area contributed by atoms with Crippen LogP contribution >= 0.6 is 0 Å². The van der Waals surface area contributed by atoms with Gasteiger partial charge in [0, 0.05) is 0 Å². The fourth-order valence-corrected chi connectivity index (χ4v) is 1.88. The minimum Gasteiger partial charge on any atom is -0.465 e. The zero-order valence-corrected chi connectivity index (χ0v) is 12.9. The average molecular weight is 314 g/mol. The molecule has 0 saturated carbocycles. The van der Waals surface area contributed by atoms with E-state index in [0.29, 0.717) is 17.9 Å². The van der Waals surface area contributed by atoms with Crippen molar-refractivity contribution in [3.05, 3.63) is 65.7 Å². The number of rotatable bonds is 7. The Balaban J connectivity index is 1.71. The third-order valence-electron chi connectivity index (χ3n) is 3.07. The second kappa shape index (κ2) is 8.70. The molecule has 0 atom stereocenters. The smallest absolute Gasteiger partial charge is 0.337 e. The lowest BCUT2D eigenvalue weighted by atomic mass is 10.2. The third-order valence-corrected chi connectivity index (χ3v) is 3.07. The van der Waals surface area contributed by atoms with Crippen LogP contribution in [0.4, 0.5) is 0 Å². The average Bonchev–Trinajstić information content (AvgIpc) is 2.59. The molecule has 5 nitrogen and oxygen atoms in total. The molecule has 2 aromatic carbocycles. The maximum atomic E-state index is 11.7. The van der Waals surface area contributed by atoms with Gasteiger partial charge < -0.3 is 14.2 Å². The molecule has 2 aromatic rings. The number of hydrogen-bond acceptors (Lipinski definition) is 5. The third kappa shape index (κ3) is 5.56. The first-order valence-electron chi connectivity index (χ1n) is 7.20. The molecule has 0 heterocycles. The number of carbonyl (C=O) groups is 2. The van der Waals surface area contributed by atoms with Crippen LogP contribution in [0, 0.1) is 0 Å². The van der Waals surface area contributed by atoms with Crippen molar-refractivity contribution >= 4 is 11.9 Å². The maximum absolute atomic E-state index is 11.7. The van der Waals surface area contributed by atoms with Gasteiger partial charge in [-0.25, -0.2) is 4.79 Å².